The van der Waals surface area contributed by atoms with Crippen LogP contribution in [0.1, 0.15) is 61.0 Å². The highest BCUT2D eigenvalue weighted by Crippen LogP contribution is 2.52. The second kappa shape index (κ2) is 11.8. The summed E-state index contributed by atoms with van der Waals surface area (Å²) in [6.07, 6.45) is 5.99. The first-order valence-corrected chi connectivity index (χ1v) is 15.7. The van der Waals surface area contributed by atoms with Crippen molar-refractivity contribution in [1.29, 1.82) is 0 Å². The van der Waals surface area contributed by atoms with Gasteiger partial charge < -0.3 is 25.0 Å². The van der Waals surface area contributed by atoms with Gasteiger partial charge in [-0.25, -0.2) is 14.4 Å². The van der Waals surface area contributed by atoms with Crippen LogP contribution in [0.4, 0.5) is 4.39 Å². The Labute approximate surface area is 256 Å². The summed E-state index contributed by atoms with van der Waals surface area (Å²) in [5.41, 5.74) is 2.68. The lowest BCUT2D eigenvalue weighted by molar-refractivity contribution is -0.167. The van der Waals surface area contributed by atoms with Crippen LogP contribution in [0.15, 0.2) is 54.7 Å². The van der Waals surface area contributed by atoms with E-state index in [9.17, 15) is 14.0 Å². The molecule has 2 N–H and O–H groups in total. The van der Waals surface area contributed by atoms with Gasteiger partial charge in [-0.3, -0.25) is 9.59 Å². The molecule has 0 bridgehead atoms. The van der Waals surface area contributed by atoms with Gasteiger partial charge in [0.1, 0.15) is 11.9 Å². The Balaban J connectivity index is 1.00. The summed E-state index contributed by atoms with van der Waals surface area (Å²) in [5.74, 6) is 0.783. The molecule has 2 saturated heterocycles. The van der Waals surface area contributed by atoms with Crippen LogP contribution in [-0.4, -0.2) is 71.6 Å². The summed E-state index contributed by atoms with van der Waals surface area (Å²) in [6, 6.07) is 14.0. The molecule has 1 spiro atoms. The number of hydrogen-bond acceptors (Lipinski definition) is 7. The Bertz CT molecular complexity index is 1530. The zero-order valence-corrected chi connectivity index (χ0v) is 24.9. The fraction of sp³-hybridized carbons (Fsp3) is 0.471. The lowest BCUT2D eigenvalue weighted by Gasteiger charge is -2.59. The van der Waals surface area contributed by atoms with Gasteiger partial charge >= 0.3 is 0 Å². The van der Waals surface area contributed by atoms with E-state index in [0.29, 0.717) is 29.5 Å². The van der Waals surface area contributed by atoms with Gasteiger partial charge in [0.25, 0.3) is 5.91 Å². The van der Waals surface area contributed by atoms with E-state index in [-0.39, 0.29) is 52.7 Å². The smallest absolute Gasteiger partial charge is 0.274 e. The molecule has 9 nitrogen and oxygen atoms in total. The van der Waals surface area contributed by atoms with E-state index in [1.807, 2.05) is 36.1 Å². The van der Waals surface area contributed by atoms with Gasteiger partial charge in [0, 0.05) is 43.2 Å². The summed E-state index contributed by atoms with van der Waals surface area (Å²) < 4.78 is 25.5. The van der Waals surface area contributed by atoms with Crippen LogP contribution in [0.2, 0.25) is 0 Å². The van der Waals surface area contributed by atoms with Crippen LogP contribution in [0.25, 0.3) is 11.3 Å². The number of halogens is 1. The molecule has 2 amide bonds. The number of nitrogens with zero attached hydrogens (tertiary/aromatic N) is 3. The van der Waals surface area contributed by atoms with Crippen LogP contribution in [0.3, 0.4) is 0 Å². The number of aromatic nitrogens is 2. The number of carbonyl (C=O) groups excluding carboxylic acids is 2. The Morgan fingerprint density at radius 1 is 1.09 bits per heavy atom. The third-order valence-corrected chi connectivity index (χ3v) is 9.67. The Kier molecular flexibility index (Phi) is 7.70. The minimum absolute atomic E-state index is 0.0197. The summed E-state index contributed by atoms with van der Waals surface area (Å²) in [6.45, 7) is 5.43. The van der Waals surface area contributed by atoms with E-state index in [1.54, 1.807) is 18.3 Å². The van der Waals surface area contributed by atoms with Crippen molar-refractivity contribution in [3.8, 4) is 22.9 Å². The molecule has 10 heteroatoms. The normalized spacial score (nSPS) is 23.8. The van der Waals surface area contributed by atoms with E-state index in [4.69, 9.17) is 14.5 Å². The average molecular weight is 600 g/mol. The number of ether oxygens (including phenoxy) is 2. The second-order valence-corrected chi connectivity index (χ2v) is 12.7. The molecule has 4 aliphatic rings. The minimum atomic E-state index is -0.261. The molecular weight excluding hydrogens is 561 g/mol. The molecule has 4 heterocycles. The quantitative estimate of drug-likeness (QED) is 0.377. The first kappa shape index (κ1) is 28.7. The topological polar surface area (TPSA) is 106 Å². The third kappa shape index (κ3) is 5.51. The molecule has 230 valence electrons. The maximum absolute atomic E-state index is 13.5. The van der Waals surface area contributed by atoms with E-state index in [1.165, 1.54) is 12.1 Å². The lowest BCUT2D eigenvalue weighted by Crippen LogP contribution is -2.67. The fourth-order valence-electron chi connectivity index (χ4n) is 7.21. The summed E-state index contributed by atoms with van der Waals surface area (Å²) in [4.78, 5) is 37.8. The van der Waals surface area contributed by atoms with E-state index >= 15 is 0 Å². The standard InChI is InChI=1S/C34H38FN5O4/c1-2-43-32-27(4-3-14-37-32)28-11-12-29(30(39-28)31(41)38-23-13-15-36-18-23)44-24-16-34(17-24)19-40(20-34)33(42)26-10-9-25(26)21-5-7-22(35)8-6-21/h3-8,11-12,14,23-26,36H,2,9-10,13,15-20H2,1H3,(H,38,41)/t23-,25?,26?/m1/s1. The number of likely N-dealkylation sites (tertiary alicyclic amines) is 1. The zero-order valence-electron chi connectivity index (χ0n) is 24.9. The molecule has 3 aromatic rings. The SMILES string of the molecule is CCOc1ncccc1-c1ccc(OC2CC3(C2)CN(C(=O)C2CCC2c2ccc(F)cc2)C3)c(C(=O)N[C@@H]2CCNC2)n1. The van der Waals surface area contributed by atoms with Crippen molar-refractivity contribution in [2.24, 2.45) is 11.3 Å². The van der Waals surface area contributed by atoms with Gasteiger partial charge in [0.05, 0.1) is 17.9 Å². The molecule has 2 saturated carbocycles. The molecular formula is C34H38FN5O4. The Morgan fingerprint density at radius 2 is 1.91 bits per heavy atom. The molecule has 2 aliphatic heterocycles. The number of carbonyl (C=O) groups is 2. The molecule has 0 radical (unpaired) electrons. The van der Waals surface area contributed by atoms with E-state index < -0.39 is 0 Å². The average Bonchev–Trinajstić information content (AvgIpc) is 3.48. The summed E-state index contributed by atoms with van der Waals surface area (Å²) in [7, 11) is 0. The van der Waals surface area contributed by atoms with Crippen molar-refractivity contribution in [2.45, 2.75) is 57.1 Å². The minimum Gasteiger partial charge on any atom is -0.488 e. The highest BCUT2D eigenvalue weighted by Gasteiger charge is 2.56. The van der Waals surface area contributed by atoms with Crippen molar-refractivity contribution in [2.75, 3.05) is 32.8 Å². The maximum atomic E-state index is 13.5. The second-order valence-electron chi connectivity index (χ2n) is 12.7. The van der Waals surface area contributed by atoms with Crippen LogP contribution in [0.5, 0.6) is 11.6 Å². The molecule has 2 unspecified atom stereocenters. The summed E-state index contributed by atoms with van der Waals surface area (Å²) in [5, 5.41) is 6.39. The molecule has 2 aromatic heterocycles. The first-order chi connectivity index (χ1) is 21.4. The molecule has 4 fully saturated rings. The van der Waals surface area contributed by atoms with Crippen molar-refractivity contribution in [1.82, 2.24) is 25.5 Å². The maximum Gasteiger partial charge on any atom is 0.274 e. The van der Waals surface area contributed by atoms with Crippen LogP contribution < -0.4 is 20.1 Å². The number of rotatable bonds is 9. The third-order valence-electron chi connectivity index (χ3n) is 9.67. The fourth-order valence-corrected chi connectivity index (χ4v) is 7.21. The molecule has 3 atom stereocenters. The predicted octanol–water partition coefficient (Wildman–Crippen LogP) is 4.34. The van der Waals surface area contributed by atoms with Crippen molar-refractivity contribution < 1.29 is 23.5 Å². The Hall–Kier alpha value is -4.05. The van der Waals surface area contributed by atoms with Crippen molar-refractivity contribution >= 4 is 11.8 Å². The van der Waals surface area contributed by atoms with E-state index in [2.05, 4.69) is 15.6 Å². The number of benzene rings is 1. The number of pyridine rings is 2. The van der Waals surface area contributed by atoms with Gasteiger partial charge in [0.2, 0.25) is 11.8 Å². The first-order valence-electron chi connectivity index (χ1n) is 15.7. The molecule has 2 aliphatic carbocycles. The van der Waals surface area contributed by atoms with Gasteiger partial charge in [-0.05, 0) is 93.5 Å². The van der Waals surface area contributed by atoms with Crippen molar-refractivity contribution in [3.05, 3.63) is 71.8 Å². The zero-order chi connectivity index (χ0) is 30.3. The molecule has 44 heavy (non-hydrogen) atoms. The van der Waals surface area contributed by atoms with Crippen LogP contribution >= 0.6 is 0 Å². The Morgan fingerprint density at radius 3 is 2.61 bits per heavy atom. The van der Waals surface area contributed by atoms with Gasteiger partial charge in [-0.2, -0.15) is 0 Å². The number of nitrogens with one attached hydrogen (secondary N) is 2. The molecule has 7 rings (SSSR count). The number of amides is 2. The lowest BCUT2D eigenvalue weighted by atomic mass is 9.60. The summed E-state index contributed by atoms with van der Waals surface area (Å²) >= 11 is 0. The monoisotopic (exact) mass is 599 g/mol. The van der Waals surface area contributed by atoms with Gasteiger partial charge in [-0.1, -0.05) is 12.1 Å². The van der Waals surface area contributed by atoms with Crippen LogP contribution in [-0.2, 0) is 4.79 Å². The van der Waals surface area contributed by atoms with Crippen LogP contribution in [0, 0.1) is 17.2 Å². The van der Waals surface area contributed by atoms with Crippen molar-refractivity contribution in [3.63, 3.8) is 0 Å². The molecule has 1 aromatic carbocycles. The largest absolute Gasteiger partial charge is 0.488 e. The van der Waals surface area contributed by atoms with E-state index in [0.717, 1.165) is 63.8 Å². The highest BCUT2D eigenvalue weighted by atomic mass is 19.1. The predicted molar refractivity (Wildman–Crippen MR) is 162 cm³/mol. The number of hydrogen-bond donors (Lipinski definition) is 2. The highest BCUT2D eigenvalue weighted by molar-refractivity contribution is 5.96. The van der Waals surface area contributed by atoms with Gasteiger partial charge in [-0.15, -0.1) is 0 Å². The van der Waals surface area contributed by atoms with Gasteiger partial charge in [0.15, 0.2) is 11.4 Å².